The van der Waals surface area contributed by atoms with E-state index in [0.717, 1.165) is 11.8 Å². The van der Waals surface area contributed by atoms with E-state index in [1.165, 1.54) is 17.0 Å². The second kappa shape index (κ2) is 6.36. The summed E-state index contributed by atoms with van der Waals surface area (Å²) in [5, 5.41) is 10.8. The van der Waals surface area contributed by atoms with Crippen molar-refractivity contribution >= 4 is 22.7 Å². The van der Waals surface area contributed by atoms with Gasteiger partial charge >= 0.3 is 0 Å². The van der Waals surface area contributed by atoms with Crippen molar-refractivity contribution in [2.45, 2.75) is 4.90 Å². The molecule has 1 heterocycles. The molecule has 0 fully saturated rings. The van der Waals surface area contributed by atoms with Crippen LogP contribution < -0.4 is 0 Å². The number of hydrogen-bond acceptors (Lipinski definition) is 5. The second-order valence-electron chi connectivity index (χ2n) is 4.41. The standard InChI is InChI=1S/C14H13N3O3S/c1-16(2)14(18)21-13-7-6-10(17(19)20)9-11(13)12-5-3-4-8-15-12/h3-9H,1-2H3. The molecule has 0 aliphatic rings. The second-order valence-corrected chi connectivity index (χ2v) is 5.41. The van der Waals surface area contributed by atoms with Crippen LogP contribution in [0.4, 0.5) is 10.5 Å². The topological polar surface area (TPSA) is 76.3 Å². The summed E-state index contributed by atoms with van der Waals surface area (Å²) in [7, 11) is 3.31. The van der Waals surface area contributed by atoms with Gasteiger partial charge in [-0.2, -0.15) is 0 Å². The van der Waals surface area contributed by atoms with Crippen LogP contribution in [0, 0.1) is 10.1 Å². The molecule has 108 valence electrons. The molecule has 0 radical (unpaired) electrons. The Morgan fingerprint density at radius 3 is 2.62 bits per heavy atom. The SMILES string of the molecule is CN(C)C(=O)Sc1ccc([N+](=O)[O-])cc1-c1ccccn1. The summed E-state index contributed by atoms with van der Waals surface area (Å²) in [5.74, 6) is 0. The highest BCUT2D eigenvalue weighted by Gasteiger charge is 2.16. The van der Waals surface area contributed by atoms with E-state index >= 15 is 0 Å². The maximum Gasteiger partial charge on any atom is 0.285 e. The normalized spacial score (nSPS) is 10.2. The van der Waals surface area contributed by atoms with Gasteiger partial charge in [0, 0.05) is 42.9 Å². The van der Waals surface area contributed by atoms with E-state index in [1.807, 2.05) is 0 Å². The number of non-ortho nitro benzene ring substituents is 1. The largest absolute Gasteiger partial charge is 0.339 e. The molecule has 1 aromatic heterocycles. The van der Waals surface area contributed by atoms with Crippen molar-refractivity contribution in [3.05, 3.63) is 52.7 Å². The van der Waals surface area contributed by atoms with E-state index in [9.17, 15) is 14.9 Å². The third-order valence-corrected chi connectivity index (χ3v) is 3.79. The zero-order valence-electron chi connectivity index (χ0n) is 11.5. The van der Waals surface area contributed by atoms with Crippen LogP contribution in [0.5, 0.6) is 0 Å². The maximum absolute atomic E-state index is 11.8. The number of nitrogens with zero attached hydrogens (tertiary/aromatic N) is 3. The van der Waals surface area contributed by atoms with Crippen molar-refractivity contribution in [1.82, 2.24) is 9.88 Å². The summed E-state index contributed by atoms with van der Waals surface area (Å²) in [5.41, 5.74) is 1.14. The zero-order chi connectivity index (χ0) is 15.4. The summed E-state index contributed by atoms with van der Waals surface area (Å²) >= 11 is 1.02. The van der Waals surface area contributed by atoms with Crippen molar-refractivity contribution in [3.8, 4) is 11.3 Å². The number of amides is 1. The molecule has 0 unspecified atom stereocenters. The number of carbonyl (C=O) groups excluding carboxylic acids is 1. The van der Waals surface area contributed by atoms with E-state index in [1.54, 1.807) is 44.6 Å². The minimum atomic E-state index is -0.464. The highest BCUT2D eigenvalue weighted by Crippen LogP contribution is 2.34. The molecule has 7 heteroatoms. The van der Waals surface area contributed by atoms with Crippen molar-refractivity contribution in [2.75, 3.05) is 14.1 Å². The fourth-order valence-corrected chi connectivity index (χ4v) is 2.41. The number of pyridine rings is 1. The average Bonchev–Trinajstić information content (AvgIpc) is 2.48. The maximum atomic E-state index is 11.8. The molecule has 0 saturated heterocycles. The predicted molar refractivity (Wildman–Crippen MR) is 81.3 cm³/mol. The molecule has 1 aromatic carbocycles. The van der Waals surface area contributed by atoms with Crippen molar-refractivity contribution in [1.29, 1.82) is 0 Å². The zero-order valence-corrected chi connectivity index (χ0v) is 12.3. The quantitative estimate of drug-likeness (QED) is 0.493. The Labute approximate surface area is 126 Å². The Hall–Kier alpha value is -2.41. The summed E-state index contributed by atoms with van der Waals surface area (Å²) in [6.45, 7) is 0. The third-order valence-electron chi connectivity index (χ3n) is 2.68. The highest BCUT2D eigenvalue weighted by atomic mass is 32.2. The van der Waals surface area contributed by atoms with Gasteiger partial charge in [-0.05, 0) is 30.0 Å². The lowest BCUT2D eigenvalue weighted by Gasteiger charge is -2.12. The molecule has 21 heavy (non-hydrogen) atoms. The molecule has 6 nitrogen and oxygen atoms in total. The highest BCUT2D eigenvalue weighted by molar-refractivity contribution is 8.13. The van der Waals surface area contributed by atoms with Crippen LogP contribution in [0.25, 0.3) is 11.3 Å². The van der Waals surface area contributed by atoms with E-state index in [2.05, 4.69) is 4.98 Å². The summed E-state index contributed by atoms with van der Waals surface area (Å²) in [4.78, 5) is 28.6. The summed E-state index contributed by atoms with van der Waals surface area (Å²) < 4.78 is 0. The molecule has 0 atom stereocenters. The van der Waals surface area contributed by atoms with Crippen LogP contribution in [0.1, 0.15) is 0 Å². The average molecular weight is 303 g/mol. The van der Waals surface area contributed by atoms with Gasteiger partial charge in [-0.3, -0.25) is 19.9 Å². The lowest BCUT2D eigenvalue weighted by molar-refractivity contribution is -0.384. The molecule has 0 saturated carbocycles. The van der Waals surface area contributed by atoms with Crippen LogP contribution in [0.2, 0.25) is 0 Å². The van der Waals surface area contributed by atoms with Gasteiger partial charge in [0.15, 0.2) is 0 Å². The van der Waals surface area contributed by atoms with Gasteiger partial charge in [-0.15, -0.1) is 0 Å². The molecule has 0 aliphatic heterocycles. The van der Waals surface area contributed by atoms with E-state index < -0.39 is 4.92 Å². The Balaban J connectivity index is 2.49. The molecule has 0 aliphatic carbocycles. The number of aromatic nitrogens is 1. The molecule has 0 bridgehead atoms. The first kappa shape index (κ1) is 15.0. The molecule has 0 spiro atoms. The number of rotatable bonds is 3. The van der Waals surface area contributed by atoms with Gasteiger partial charge in [0.25, 0.3) is 10.9 Å². The minimum absolute atomic E-state index is 0.0303. The predicted octanol–water partition coefficient (Wildman–Crippen LogP) is 3.43. The smallest absolute Gasteiger partial charge is 0.285 e. The molecule has 1 amide bonds. The fraction of sp³-hybridized carbons (Fsp3) is 0.143. The molecule has 2 rings (SSSR count). The number of thioether (sulfide) groups is 1. The molecule has 0 N–H and O–H groups in total. The van der Waals surface area contributed by atoms with Crippen molar-refractivity contribution < 1.29 is 9.72 Å². The van der Waals surface area contributed by atoms with Crippen molar-refractivity contribution in [3.63, 3.8) is 0 Å². The monoisotopic (exact) mass is 303 g/mol. The van der Waals surface area contributed by atoms with Gasteiger partial charge in [0.1, 0.15) is 0 Å². The van der Waals surface area contributed by atoms with E-state index in [-0.39, 0.29) is 10.9 Å². The van der Waals surface area contributed by atoms with Crippen LogP contribution in [-0.4, -0.2) is 34.1 Å². The van der Waals surface area contributed by atoms with Gasteiger partial charge in [-0.1, -0.05) is 6.07 Å². The van der Waals surface area contributed by atoms with Crippen molar-refractivity contribution in [2.24, 2.45) is 0 Å². The summed E-state index contributed by atoms with van der Waals surface area (Å²) in [6, 6.07) is 9.71. The first-order chi connectivity index (χ1) is 9.99. The van der Waals surface area contributed by atoms with Gasteiger partial charge in [-0.25, -0.2) is 0 Å². The lowest BCUT2D eigenvalue weighted by Crippen LogP contribution is -2.16. The lowest BCUT2D eigenvalue weighted by atomic mass is 10.1. The Kier molecular flexibility index (Phi) is 4.54. The van der Waals surface area contributed by atoms with Crippen LogP contribution in [0.15, 0.2) is 47.5 Å². The number of benzene rings is 1. The van der Waals surface area contributed by atoms with Crippen LogP contribution in [0.3, 0.4) is 0 Å². The van der Waals surface area contributed by atoms with Gasteiger partial charge in [0.05, 0.1) is 10.6 Å². The first-order valence-corrected chi connectivity index (χ1v) is 6.89. The van der Waals surface area contributed by atoms with Crippen LogP contribution in [-0.2, 0) is 0 Å². The first-order valence-electron chi connectivity index (χ1n) is 6.08. The summed E-state index contributed by atoms with van der Waals surface area (Å²) in [6.07, 6.45) is 1.61. The van der Waals surface area contributed by atoms with Gasteiger partial charge < -0.3 is 4.90 Å². The van der Waals surface area contributed by atoms with E-state index in [0.29, 0.717) is 16.2 Å². The Morgan fingerprint density at radius 2 is 2.05 bits per heavy atom. The number of nitro benzene ring substituents is 1. The number of carbonyl (C=O) groups is 1. The van der Waals surface area contributed by atoms with E-state index in [4.69, 9.17) is 0 Å². The number of hydrogen-bond donors (Lipinski definition) is 0. The fourth-order valence-electron chi connectivity index (χ4n) is 1.63. The van der Waals surface area contributed by atoms with Gasteiger partial charge in [0.2, 0.25) is 0 Å². The van der Waals surface area contributed by atoms with Crippen LogP contribution >= 0.6 is 11.8 Å². The molecular weight excluding hydrogens is 290 g/mol. The third kappa shape index (κ3) is 3.57. The minimum Gasteiger partial charge on any atom is -0.339 e. The molecule has 2 aromatic rings. The number of nitro groups is 1. The molecular formula is C14H13N3O3S. The Morgan fingerprint density at radius 1 is 1.29 bits per heavy atom. The Bertz CT molecular complexity index is 674.